The molecule has 14 heavy (non-hydrogen) atoms. The third-order valence-corrected chi connectivity index (χ3v) is 2.96. The summed E-state index contributed by atoms with van der Waals surface area (Å²) in [5.41, 5.74) is -0.283. The van der Waals surface area contributed by atoms with Crippen molar-refractivity contribution in [1.29, 1.82) is 5.26 Å². The van der Waals surface area contributed by atoms with E-state index in [2.05, 4.69) is 10.6 Å². The van der Waals surface area contributed by atoms with E-state index in [1.54, 1.807) is 0 Å². The van der Waals surface area contributed by atoms with Gasteiger partial charge in [-0.15, -0.1) is 0 Å². The highest BCUT2D eigenvalue weighted by atomic mass is 16.2. The zero-order valence-electron chi connectivity index (χ0n) is 8.60. The molecule has 1 unspecified atom stereocenters. The van der Waals surface area contributed by atoms with Crippen LogP contribution in [0.3, 0.4) is 0 Å². The third kappa shape index (κ3) is 2.24. The van der Waals surface area contributed by atoms with Crippen molar-refractivity contribution in [2.75, 3.05) is 19.6 Å². The van der Waals surface area contributed by atoms with Gasteiger partial charge in [-0.2, -0.15) is 5.26 Å². The van der Waals surface area contributed by atoms with Crippen molar-refractivity contribution in [3.05, 3.63) is 0 Å². The summed E-state index contributed by atoms with van der Waals surface area (Å²) in [6.07, 6.45) is 2.79. The molecule has 0 aromatic carbocycles. The predicted octanol–water partition coefficient (Wildman–Crippen LogP) is 0.406. The maximum atomic E-state index is 11.8. The number of amides is 1. The monoisotopic (exact) mass is 195 g/mol. The number of nitriles is 1. The highest BCUT2D eigenvalue weighted by Crippen LogP contribution is 2.29. The standard InChI is InChI=1S/C10H17N3O/c1-2-10(4-3-6-12-8-10)9(14)13-7-5-11/h12H,2-4,6-8H2,1H3,(H,13,14). The SMILES string of the molecule is CCC1(C(=O)NCC#N)CCCNC1. The van der Waals surface area contributed by atoms with Crippen LogP contribution in [0, 0.1) is 16.7 Å². The van der Waals surface area contributed by atoms with E-state index in [1.807, 2.05) is 13.0 Å². The molecule has 0 spiro atoms. The smallest absolute Gasteiger partial charge is 0.228 e. The van der Waals surface area contributed by atoms with E-state index >= 15 is 0 Å². The summed E-state index contributed by atoms with van der Waals surface area (Å²) in [5, 5.41) is 14.3. The molecule has 0 aromatic rings. The van der Waals surface area contributed by atoms with Crippen molar-refractivity contribution in [3.8, 4) is 6.07 Å². The first kappa shape index (κ1) is 11.0. The maximum Gasteiger partial charge on any atom is 0.228 e. The van der Waals surface area contributed by atoms with Crippen LogP contribution < -0.4 is 10.6 Å². The second-order valence-electron chi connectivity index (χ2n) is 3.76. The van der Waals surface area contributed by atoms with E-state index in [0.29, 0.717) is 0 Å². The van der Waals surface area contributed by atoms with Gasteiger partial charge in [0.2, 0.25) is 5.91 Å². The summed E-state index contributed by atoms with van der Waals surface area (Å²) in [6.45, 7) is 3.87. The van der Waals surface area contributed by atoms with Gasteiger partial charge >= 0.3 is 0 Å². The lowest BCUT2D eigenvalue weighted by molar-refractivity contribution is -0.132. The van der Waals surface area contributed by atoms with Crippen LogP contribution in [0.4, 0.5) is 0 Å². The van der Waals surface area contributed by atoms with Crippen LogP contribution in [-0.2, 0) is 4.79 Å². The average molecular weight is 195 g/mol. The van der Waals surface area contributed by atoms with Gasteiger partial charge in [-0.1, -0.05) is 6.92 Å². The zero-order chi connectivity index (χ0) is 10.4. The first-order valence-electron chi connectivity index (χ1n) is 5.11. The molecule has 4 heteroatoms. The Bertz CT molecular complexity index is 238. The number of nitrogens with one attached hydrogen (secondary N) is 2. The molecule has 1 atom stereocenters. The van der Waals surface area contributed by atoms with Crippen molar-refractivity contribution in [2.45, 2.75) is 26.2 Å². The number of piperidine rings is 1. The molecular weight excluding hydrogens is 178 g/mol. The fraction of sp³-hybridized carbons (Fsp3) is 0.800. The minimum absolute atomic E-state index is 0.0220. The lowest BCUT2D eigenvalue weighted by Gasteiger charge is -2.35. The van der Waals surface area contributed by atoms with Crippen molar-refractivity contribution >= 4 is 5.91 Å². The quantitative estimate of drug-likeness (QED) is 0.641. The summed E-state index contributed by atoms with van der Waals surface area (Å²) in [5.74, 6) is 0.0220. The Morgan fingerprint density at radius 2 is 2.50 bits per heavy atom. The molecule has 1 aliphatic heterocycles. The van der Waals surface area contributed by atoms with Crippen LogP contribution in [0.1, 0.15) is 26.2 Å². The van der Waals surface area contributed by atoms with Gasteiger partial charge in [0.25, 0.3) is 0 Å². The molecule has 1 rings (SSSR count). The van der Waals surface area contributed by atoms with Crippen LogP contribution in [0.2, 0.25) is 0 Å². The van der Waals surface area contributed by atoms with E-state index in [9.17, 15) is 4.79 Å². The number of hydrogen-bond donors (Lipinski definition) is 2. The van der Waals surface area contributed by atoms with Crippen LogP contribution in [0.5, 0.6) is 0 Å². The first-order chi connectivity index (χ1) is 6.75. The molecule has 0 aromatic heterocycles. The molecule has 0 aliphatic carbocycles. The number of carbonyl (C=O) groups excluding carboxylic acids is 1. The Kier molecular flexibility index (Phi) is 3.90. The molecule has 1 heterocycles. The van der Waals surface area contributed by atoms with E-state index in [0.717, 1.165) is 32.4 Å². The van der Waals surface area contributed by atoms with Gasteiger partial charge in [0.05, 0.1) is 11.5 Å². The second kappa shape index (κ2) is 4.97. The van der Waals surface area contributed by atoms with Gasteiger partial charge in [-0.25, -0.2) is 0 Å². The Hall–Kier alpha value is -1.08. The van der Waals surface area contributed by atoms with E-state index < -0.39 is 0 Å². The Balaban J connectivity index is 2.58. The topological polar surface area (TPSA) is 64.9 Å². The summed E-state index contributed by atoms with van der Waals surface area (Å²) >= 11 is 0. The second-order valence-corrected chi connectivity index (χ2v) is 3.76. The van der Waals surface area contributed by atoms with Crippen molar-refractivity contribution < 1.29 is 4.79 Å². The minimum Gasteiger partial charge on any atom is -0.342 e. The fourth-order valence-electron chi connectivity index (χ4n) is 1.93. The predicted molar refractivity (Wildman–Crippen MR) is 53.5 cm³/mol. The van der Waals surface area contributed by atoms with Crippen molar-refractivity contribution in [3.63, 3.8) is 0 Å². The van der Waals surface area contributed by atoms with Crippen LogP contribution >= 0.6 is 0 Å². The van der Waals surface area contributed by atoms with Crippen molar-refractivity contribution in [1.82, 2.24) is 10.6 Å². The van der Waals surface area contributed by atoms with Crippen LogP contribution in [0.25, 0.3) is 0 Å². The zero-order valence-corrected chi connectivity index (χ0v) is 8.60. The highest BCUT2D eigenvalue weighted by Gasteiger charge is 2.37. The molecule has 4 nitrogen and oxygen atoms in total. The van der Waals surface area contributed by atoms with Gasteiger partial charge in [0, 0.05) is 6.54 Å². The number of carbonyl (C=O) groups is 1. The van der Waals surface area contributed by atoms with Crippen LogP contribution in [-0.4, -0.2) is 25.5 Å². The van der Waals surface area contributed by atoms with Crippen LogP contribution in [0.15, 0.2) is 0 Å². The molecule has 1 amide bonds. The van der Waals surface area contributed by atoms with Gasteiger partial charge in [-0.3, -0.25) is 4.79 Å². The summed E-state index contributed by atoms with van der Waals surface area (Å²) in [6, 6.07) is 1.93. The highest BCUT2D eigenvalue weighted by molar-refractivity contribution is 5.83. The summed E-state index contributed by atoms with van der Waals surface area (Å²) < 4.78 is 0. The maximum absolute atomic E-state index is 11.8. The molecule has 0 saturated carbocycles. The number of hydrogen-bond acceptors (Lipinski definition) is 3. The van der Waals surface area contributed by atoms with E-state index in [-0.39, 0.29) is 17.9 Å². The Morgan fingerprint density at radius 1 is 1.71 bits per heavy atom. The van der Waals surface area contributed by atoms with E-state index in [1.165, 1.54) is 0 Å². The lowest BCUT2D eigenvalue weighted by atomic mass is 9.77. The first-order valence-corrected chi connectivity index (χ1v) is 5.11. The molecule has 0 radical (unpaired) electrons. The normalized spacial score (nSPS) is 26.6. The van der Waals surface area contributed by atoms with Gasteiger partial charge in [0.15, 0.2) is 0 Å². The largest absolute Gasteiger partial charge is 0.342 e. The molecule has 1 saturated heterocycles. The molecule has 1 aliphatic rings. The molecule has 2 N–H and O–H groups in total. The Labute approximate surface area is 84.7 Å². The van der Waals surface area contributed by atoms with Gasteiger partial charge in [-0.05, 0) is 25.8 Å². The van der Waals surface area contributed by atoms with E-state index in [4.69, 9.17) is 5.26 Å². The Morgan fingerprint density at radius 3 is 3.00 bits per heavy atom. The van der Waals surface area contributed by atoms with Crippen molar-refractivity contribution in [2.24, 2.45) is 5.41 Å². The summed E-state index contributed by atoms with van der Waals surface area (Å²) in [7, 11) is 0. The fourth-order valence-corrected chi connectivity index (χ4v) is 1.93. The van der Waals surface area contributed by atoms with Gasteiger partial charge < -0.3 is 10.6 Å². The van der Waals surface area contributed by atoms with Gasteiger partial charge in [0.1, 0.15) is 6.54 Å². The number of nitrogens with zero attached hydrogens (tertiary/aromatic N) is 1. The summed E-state index contributed by atoms with van der Waals surface area (Å²) in [4.78, 5) is 11.8. The third-order valence-electron chi connectivity index (χ3n) is 2.96. The minimum atomic E-state index is -0.283. The average Bonchev–Trinajstić information content (AvgIpc) is 2.26. The molecular formula is C10H17N3O. The number of rotatable bonds is 3. The molecule has 0 bridgehead atoms. The molecule has 1 fully saturated rings. The lowest BCUT2D eigenvalue weighted by Crippen LogP contribution is -2.50. The molecule has 78 valence electrons.